The lowest BCUT2D eigenvalue weighted by Gasteiger charge is -2.14. The summed E-state index contributed by atoms with van der Waals surface area (Å²) in [5.74, 6) is 0.856. The smallest absolute Gasteiger partial charge is 0.142 e. The van der Waals surface area contributed by atoms with E-state index in [0.29, 0.717) is 6.73 Å². The molecule has 15 heavy (non-hydrogen) atoms. The molecule has 0 aliphatic carbocycles. The average molecular weight is 251 g/mol. The molecule has 2 heterocycles. The largest absolute Gasteiger partial charge is 0.477 e. The van der Waals surface area contributed by atoms with Crippen molar-refractivity contribution in [3.63, 3.8) is 0 Å². The van der Waals surface area contributed by atoms with Crippen LogP contribution in [0.1, 0.15) is 12.8 Å². The first kappa shape index (κ1) is 14.5. The maximum atomic E-state index is 5.55. The van der Waals surface area contributed by atoms with Gasteiger partial charge in [0.25, 0.3) is 0 Å². The van der Waals surface area contributed by atoms with Crippen LogP contribution in [0.5, 0.6) is 5.75 Å². The van der Waals surface area contributed by atoms with Gasteiger partial charge >= 0.3 is 0 Å². The van der Waals surface area contributed by atoms with Crippen molar-refractivity contribution < 1.29 is 4.74 Å². The molecule has 0 amide bonds. The summed E-state index contributed by atoms with van der Waals surface area (Å²) in [5.41, 5.74) is 0. The summed E-state index contributed by atoms with van der Waals surface area (Å²) >= 11 is 0. The Balaban J connectivity index is 0.000000980. The number of ether oxygens (including phenoxy) is 1. The van der Waals surface area contributed by atoms with E-state index in [1.165, 1.54) is 25.9 Å². The van der Waals surface area contributed by atoms with Gasteiger partial charge in [-0.05, 0) is 25.0 Å². The van der Waals surface area contributed by atoms with E-state index >= 15 is 0 Å². The van der Waals surface area contributed by atoms with Gasteiger partial charge in [0, 0.05) is 19.3 Å². The predicted molar refractivity (Wildman–Crippen MR) is 65.0 cm³/mol. The van der Waals surface area contributed by atoms with Gasteiger partial charge in [-0.25, -0.2) is 0 Å². The van der Waals surface area contributed by atoms with Crippen LogP contribution >= 0.6 is 24.8 Å². The lowest BCUT2D eigenvalue weighted by molar-refractivity contribution is 0.151. The second kappa shape index (κ2) is 7.74. The predicted octanol–water partition coefficient (Wildman–Crippen LogP) is 2.36. The van der Waals surface area contributed by atoms with Gasteiger partial charge in [0.1, 0.15) is 12.5 Å². The molecule has 2 rings (SSSR count). The summed E-state index contributed by atoms with van der Waals surface area (Å²) in [6.45, 7) is 3.03. The van der Waals surface area contributed by atoms with Crippen molar-refractivity contribution in [3.05, 3.63) is 24.5 Å². The Labute approximate surface area is 103 Å². The molecule has 0 saturated carbocycles. The number of nitrogens with zero attached hydrogens (tertiary/aromatic N) is 2. The van der Waals surface area contributed by atoms with Crippen LogP contribution in [0.25, 0.3) is 0 Å². The summed E-state index contributed by atoms with van der Waals surface area (Å²) in [6, 6.07) is 3.82. The van der Waals surface area contributed by atoms with Crippen molar-refractivity contribution in [2.45, 2.75) is 12.8 Å². The Hall–Kier alpha value is -0.510. The molecule has 5 heteroatoms. The zero-order valence-corrected chi connectivity index (χ0v) is 10.1. The Morgan fingerprint density at radius 3 is 2.60 bits per heavy atom. The number of halogens is 2. The molecule has 0 aromatic carbocycles. The summed E-state index contributed by atoms with van der Waals surface area (Å²) in [4.78, 5) is 6.30. The summed E-state index contributed by atoms with van der Waals surface area (Å²) in [5, 5.41) is 0. The number of aromatic nitrogens is 1. The van der Waals surface area contributed by atoms with E-state index in [2.05, 4.69) is 9.88 Å². The molecule has 0 radical (unpaired) electrons. The normalized spacial score (nSPS) is 15.2. The molecule has 1 saturated heterocycles. The average Bonchev–Trinajstić information content (AvgIpc) is 2.69. The van der Waals surface area contributed by atoms with Gasteiger partial charge in [0.15, 0.2) is 0 Å². The molecule has 0 bridgehead atoms. The number of rotatable bonds is 3. The minimum atomic E-state index is 0. The van der Waals surface area contributed by atoms with Crippen molar-refractivity contribution >= 4 is 24.8 Å². The van der Waals surface area contributed by atoms with Crippen molar-refractivity contribution in [1.82, 2.24) is 9.88 Å². The molecule has 3 nitrogen and oxygen atoms in total. The second-order valence-corrected chi connectivity index (χ2v) is 3.29. The number of hydrogen-bond acceptors (Lipinski definition) is 3. The zero-order valence-electron chi connectivity index (χ0n) is 8.46. The van der Waals surface area contributed by atoms with Gasteiger partial charge in [0.2, 0.25) is 0 Å². The quantitative estimate of drug-likeness (QED) is 0.824. The molecule has 0 atom stereocenters. The summed E-state index contributed by atoms with van der Waals surface area (Å²) in [6.07, 6.45) is 6.10. The molecule has 1 aliphatic heterocycles. The standard InChI is InChI=1S/C10H14N2O.2ClH/c1-2-7-12(6-1)9-13-10-4-3-5-11-8-10;;/h3-5,8H,1-2,6-7,9H2;2*1H. The third kappa shape index (κ3) is 4.69. The Bertz CT molecular complexity index is 253. The van der Waals surface area contributed by atoms with Crippen LogP contribution in [-0.4, -0.2) is 29.7 Å². The van der Waals surface area contributed by atoms with E-state index < -0.39 is 0 Å². The van der Waals surface area contributed by atoms with Gasteiger partial charge in [-0.15, -0.1) is 24.8 Å². The van der Waals surface area contributed by atoms with Gasteiger partial charge < -0.3 is 4.74 Å². The molecule has 1 aliphatic rings. The molecular formula is C10H16Cl2N2O. The lowest BCUT2D eigenvalue weighted by Crippen LogP contribution is -2.24. The third-order valence-electron chi connectivity index (χ3n) is 2.25. The van der Waals surface area contributed by atoms with E-state index in [9.17, 15) is 0 Å². The van der Waals surface area contributed by atoms with E-state index in [1.54, 1.807) is 12.4 Å². The van der Waals surface area contributed by atoms with Crippen LogP contribution in [0.2, 0.25) is 0 Å². The van der Waals surface area contributed by atoms with E-state index in [4.69, 9.17) is 4.74 Å². The third-order valence-corrected chi connectivity index (χ3v) is 2.25. The molecule has 0 unspecified atom stereocenters. The molecule has 1 aromatic rings. The lowest BCUT2D eigenvalue weighted by atomic mass is 10.4. The van der Waals surface area contributed by atoms with Crippen molar-refractivity contribution in [2.24, 2.45) is 0 Å². The molecule has 86 valence electrons. The zero-order chi connectivity index (χ0) is 8.93. The first-order valence-electron chi connectivity index (χ1n) is 4.70. The Morgan fingerprint density at radius 1 is 1.27 bits per heavy atom. The van der Waals surface area contributed by atoms with E-state index in [-0.39, 0.29) is 24.8 Å². The monoisotopic (exact) mass is 250 g/mol. The van der Waals surface area contributed by atoms with Crippen LogP contribution in [0, 0.1) is 0 Å². The van der Waals surface area contributed by atoms with Gasteiger partial charge in [-0.3, -0.25) is 9.88 Å². The van der Waals surface area contributed by atoms with E-state index in [0.717, 1.165) is 5.75 Å². The number of hydrogen-bond donors (Lipinski definition) is 0. The van der Waals surface area contributed by atoms with Crippen LogP contribution in [0.4, 0.5) is 0 Å². The number of pyridine rings is 1. The van der Waals surface area contributed by atoms with Crippen molar-refractivity contribution in [2.75, 3.05) is 19.8 Å². The van der Waals surface area contributed by atoms with Gasteiger partial charge in [0.05, 0.1) is 6.20 Å². The van der Waals surface area contributed by atoms with Crippen LogP contribution < -0.4 is 4.74 Å². The van der Waals surface area contributed by atoms with Crippen LogP contribution in [-0.2, 0) is 0 Å². The SMILES string of the molecule is Cl.Cl.c1cncc(OCN2CCCC2)c1. The van der Waals surface area contributed by atoms with Crippen molar-refractivity contribution in [3.8, 4) is 5.75 Å². The Morgan fingerprint density at radius 2 is 2.00 bits per heavy atom. The molecule has 0 spiro atoms. The molecular weight excluding hydrogens is 235 g/mol. The minimum Gasteiger partial charge on any atom is -0.477 e. The first-order valence-corrected chi connectivity index (χ1v) is 4.70. The Kier molecular flexibility index (Phi) is 7.48. The molecule has 0 N–H and O–H groups in total. The van der Waals surface area contributed by atoms with Gasteiger partial charge in [-0.2, -0.15) is 0 Å². The fourth-order valence-electron chi connectivity index (χ4n) is 1.51. The fourth-order valence-corrected chi connectivity index (χ4v) is 1.51. The van der Waals surface area contributed by atoms with E-state index in [1.807, 2.05) is 12.1 Å². The maximum Gasteiger partial charge on any atom is 0.142 e. The maximum absolute atomic E-state index is 5.55. The highest BCUT2D eigenvalue weighted by molar-refractivity contribution is 5.85. The second-order valence-electron chi connectivity index (χ2n) is 3.29. The summed E-state index contributed by atoms with van der Waals surface area (Å²) < 4.78 is 5.55. The highest BCUT2D eigenvalue weighted by atomic mass is 35.5. The minimum absolute atomic E-state index is 0. The highest BCUT2D eigenvalue weighted by Crippen LogP contribution is 2.10. The van der Waals surface area contributed by atoms with Crippen LogP contribution in [0.3, 0.4) is 0 Å². The highest BCUT2D eigenvalue weighted by Gasteiger charge is 2.10. The topological polar surface area (TPSA) is 25.4 Å². The molecule has 1 aromatic heterocycles. The molecule has 1 fully saturated rings. The van der Waals surface area contributed by atoms with Crippen molar-refractivity contribution in [1.29, 1.82) is 0 Å². The first-order chi connectivity index (χ1) is 6.45. The fraction of sp³-hybridized carbons (Fsp3) is 0.500. The van der Waals surface area contributed by atoms with Crippen LogP contribution in [0.15, 0.2) is 24.5 Å². The van der Waals surface area contributed by atoms with Gasteiger partial charge in [-0.1, -0.05) is 0 Å². The number of likely N-dealkylation sites (tertiary alicyclic amines) is 1. The summed E-state index contributed by atoms with van der Waals surface area (Å²) in [7, 11) is 0.